The van der Waals surface area contributed by atoms with Crippen LogP contribution in [0.1, 0.15) is 0 Å². The SMILES string of the molecule is c1ccc(N=C2CSN=N2)cc1. The van der Waals surface area contributed by atoms with Crippen molar-refractivity contribution < 1.29 is 0 Å². The van der Waals surface area contributed by atoms with Gasteiger partial charge in [-0.25, -0.2) is 4.99 Å². The molecule has 0 saturated carbocycles. The molecule has 2 rings (SSSR count). The highest BCUT2D eigenvalue weighted by Crippen LogP contribution is 2.17. The van der Waals surface area contributed by atoms with Crippen molar-refractivity contribution in [3.8, 4) is 0 Å². The summed E-state index contributed by atoms with van der Waals surface area (Å²) in [4.78, 5) is 4.29. The van der Waals surface area contributed by atoms with Gasteiger partial charge < -0.3 is 0 Å². The van der Waals surface area contributed by atoms with Crippen molar-refractivity contribution in [2.45, 2.75) is 0 Å². The lowest BCUT2D eigenvalue weighted by atomic mass is 10.3. The van der Waals surface area contributed by atoms with Gasteiger partial charge in [-0.15, -0.1) is 9.63 Å². The van der Waals surface area contributed by atoms with Crippen LogP contribution in [-0.2, 0) is 0 Å². The number of nitrogens with zero attached hydrogens (tertiary/aromatic N) is 3. The molecule has 0 aromatic heterocycles. The van der Waals surface area contributed by atoms with E-state index in [9.17, 15) is 0 Å². The maximum absolute atomic E-state index is 4.29. The van der Waals surface area contributed by atoms with E-state index in [0.717, 1.165) is 17.3 Å². The molecule has 0 bridgehead atoms. The van der Waals surface area contributed by atoms with Gasteiger partial charge in [-0.05, 0) is 12.1 Å². The molecular formula is C8H7N3S. The van der Waals surface area contributed by atoms with Crippen LogP contribution in [0.2, 0.25) is 0 Å². The lowest BCUT2D eigenvalue weighted by Gasteiger charge is -1.91. The Morgan fingerprint density at radius 2 is 2.08 bits per heavy atom. The van der Waals surface area contributed by atoms with Gasteiger partial charge in [-0.1, -0.05) is 18.2 Å². The van der Waals surface area contributed by atoms with Crippen molar-refractivity contribution in [3.05, 3.63) is 30.3 Å². The van der Waals surface area contributed by atoms with E-state index in [2.05, 4.69) is 14.6 Å². The maximum atomic E-state index is 4.29. The van der Waals surface area contributed by atoms with Crippen LogP contribution in [0, 0.1) is 0 Å². The summed E-state index contributed by atoms with van der Waals surface area (Å²) in [6.07, 6.45) is 0. The van der Waals surface area contributed by atoms with E-state index in [1.807, 2.05) is 30.3 Å². The molecule has 1 aromatic carbocycles. The molecule has 1 aromatic rings. The second-order valence-corrected chi connectivity index (χ2v) is 3.03. The van der Waals surface area contributed by atoms with Crippen LogP contribution in [-0.4, -0.2) is 11.6 Å². The fraction of sp³-hybridized carbons (Fsp3) is 0.125. The van der Waals surface area contributed by atoms with Gasteiger partial charge in [0.1, 0.15) is 0 Å². The summed E-state index contributed by atoms with van der Waals surface area (Å²) in [7, 11) is 0. The number of benzene rings is 1. The standard InChI is InChI=1S/C8H7N3S/c1-2-4-7(5-3-1)9-8-6-12-11-10-8/h1-5H,6H2. The highest BCUT2D eigenvalue weighted by molar-refractivity contribution is 7.98. The van der Waals surface area contributed by atoms with Gasteiger partial charge in [-0.2, -0.15) is 0 Å². The summed E-state index contributed by atoms with van der Waals surface area (Å²) in [5, 5.41) is 3.87. The monoisotopic (exact) mass is 177 g/mol. The van der Waals surface area contributed by atoms with Crippen LogP contribution < -0.4 is 0 Å². The third-order valence-corrected chi connectivity index (χ3v) is 2.01. The van der Waals surface area contributed by atoms with Crippen molar-refractivity contribution in [1.29, 1.82) is 0 Å². The van der Waals surface area contributed by atoms with Crippen molar-refractivity contribution >= 4 is 23.5 Å². The minimum absolute atomic E-state index is 0.787. The fourth-order valence-corrected chi connectivity index (χ4v) is 1.35. The summed E-state index contributed by atoms with van der Waals surface area (Å²) >= 11 is 1.43. The molecule has 0 N–H and O–H groups in total. The first-order chi connectivity index (χ1) is 5.95. The largest absolute Gasteiger partial charge is 0.231 e. The Hall–Kier alpha value is -1.16. The predicted molar refractivity (Wildman–Crippen MR) is 50.9 cm³/mol. The van der Waals surface area contributed by atoms with E-state index < -0.39 is 0 Å². The van der Waals surface area contributed by atoms with Crippen molar-refractivity contribution in [1.82, 2.24) is 0 Å². The zero-order chi connectivity index (χ0) is 8.23. The summed E-state index contributed by atoms with van der Waals surface area (Å²) in [6.45, 7) is 0. The van der Waals surface area contributed by atoms with Crippen molar-refractivity contribution in [2.24, 2.45) is 14.6 Å². The minimum atomic E-state index is 0.787. The first-order valence-electron chi connectivity index (χ1n) is 3.61. The zero-order valence-corrected chi connectivity index (χ0v) is 7.16. The molecular weight excluding hydrogens is 170 g/mol. The molecule has 3 nitrogen and oxygen atoms in total. The quantitative estimate of drug-likeness (QED) is 0.608. The maximum Gasteiger partial charge on any atom is 0.163 e. The van der Waals surface area contributed by atoms with Gasteiger partial charge in [0.15, 0.2) is 5.84 Å². The molecule has 0 fully saturated rings. The number of rotatable bonds is 1. The number of hydrogen-bond donors (Lipinski definition) is 0. The second kappa shape index (κ2) is 3.49. The molecule has 0 aliphatic carbocycles. The van der Waals surface area contributed by atoms with Crippen LogP contribution in [0.15, 0.2) is 45.0 Å². The smallest absolute Gasteiger partial charge is 0.163 e. The van der Waals surface area contributed by atoms with Crippen LogP contribution in [0.3, 0.4) is 0 Å². The fourth-order valence-electron chi connectivity index (χ4n) is 0.898. The van der Waals surface area contributed by atoms with Gasteiger partial charge in [0.25, 0.3) is 0 Å². The van der Waals surface area contributed by atoms with Gasteiger partial charge in [-0.3, -0.25) is 0 Å². The molecule has 0 amide bonds. The summed E-state index contributed by atoms with van der Waals surface area (Å²) in [6, 6.07) is 9.78. The van der Waals surface area contributed by atoms with Gasteiger partial charge in [0.2, 0.25) is 0 Å². The van der Waals surface area contributed by atoms with E-state index in [4.69, 9.17) is 0 Å². The highest BCUT2D eigenvalue weighted by Gasteiger charge is 2.04. The normalized spacial score (nSPS) is 18.8. The Balaban J connectivity index is 2.22. The van der Waals surface area contributed by atoms with E-state index in [1.54, 1.807) is 0 Å². The van der Waals surface area contributed by atoms with Crippen molar-refractivity contribution in [3.63, 3.8) is 0 Å². The molecule has 0 atom stereocenters. The summed E-state index contributed by atoms with van der Waals surface area (Å²) in [5.41, 5.74) is 0.939. The second-order valence-electron chi connectivity index (χ2n) is 2.32. The third-order valence-electron chi connectivity index (χ3n) is 1.42. The Morgan fingerprint density at radius 3 is 2.75 bits per heavy atom. The van der Waals surface area contributed by atoms with Crippen molar-refractivity contribution in [2.75, 3.05) is 5.75 Å². The summed E-state index contributed by atoms with van der Waals surface area (Å²) in [5.74, 6) is 1.58. The molecule has 0 unspecified atom stereocenters. The predicted octanol–water partition coefficient (Wildman–Crippen LogP) is 2.83. The molecule has 0 spiro atoms. The lowest BCUT2D eigenvalue weighted by Crippen LogP contribution is -1.89. The van der Waals surface area contributed by atoms with Gasteiger partial charge in [0, 0.05) is 11.9 Å². The first kappa shape index (κ1) is 7.49. The molecule has 0 radical (unpaired) electrons. The van der Waals surface area contributed by atoms with E-state index in [0.29, 0.717) is 0 Å². The minimum Gasteiger partial charge on any atom is -0.231 e. The highest BCUT2D eigenvalue weighted by atomic mass is 32.2. The van der Waals surface area contributed by atoms with Gasteiger partial charge in [0.05, 0.1) is 11.4 Å². The van der Waals surface area contributed by atoms with Crippen LogP contribution >= 0.6 is 11.9 Å². The third kappa shape index (κ3) is 1.71. The van der Waals surface area contributed by atoms with E-state index in [1.165, 1.54) is 11.9 Å². The molecule has 4 heteroatoms. The molecule has 12 heavy (non-hydrogen) atoms. The average Bonchev–Trinajstić information content (AvgIpc) is 2.59. The Kier molecular flexibility index (Phi) is 2.18. The Bertz CT molecular complexity index is 318. The van der Waals surface area contributed by atoms with Crippen LogP contribution in [0.25, 0.3) is 0 Å². The molecule has 1 aliphatic rings. The number of hydrogen-bond acceptors (Lipinski definition) is 3. The molecule has 1 heterocycles. The van der Waals surface area contributed by atoms with Crippen LogP contribution in [0.4, 0.5) is 5.69 Å². The lowest BCUT2D eigenvalue weighted by molar-refractivity contribution is 1.39. The van der Waals surface area contributed by atoms with E-state index >= 15 is 0 Å². The molecule has 0 saturated heterocycles. The number of amidine groups is 1. The number of aliphatic imine (C=N–C) groups is 1. The number of para-hydroxylation sites is 1. The summed E-state index contributed by atoms with van der Waals surface area (Å²) < 4.78 is 3.77. The van der Waals surface area contributed by atoms with E-state index in [-0.39, 0.29) is 0 Å². The average molecular weight is 177 g/mol. The Labute approximate surface area is 74.8 Å². The topological polar surface area (TPSA) is 37.1 Å². The molecule has 60 valence electrons. The first-order valence-corrected chi connectivity index (χ1v) is 4.55. The van der Waals surface area contributed by atoms with Gasteiger partial charge >= 0.3 is 0 Å². The zero-order valence-electron chi connectivity index (χ0n) is 6.34. The molecule has 1 aliphatic heterocycles. The Morgan fingerprint density at radius 1 is 1.25 bits per heavy atom. The van der Waals surface area contributed by atoms with Crippen LogP contribution in [0.5, 0.6) is 0 Å².